The van der Waals surface area contributed by atoms with Gasteiger partial charge in [0.15, 0.2) is 0 Å². The SMILES string of the molecule is CN(Sc1ccc(Br)cc1)C(=O)O. The van der Waals surface area contributed by atoms with Crippen molar-refractivity contribution in [2.24, 2.45) is 0 Å². The van der Waals surface area contributed by atoms with Crippen LogP contribution in [0.2, 0.25) is 0 Å². The summed E-state index contributed by atoms with van der Waals surface area (Å²) in [4.78, 5) is 11.4. The Hall–Kier alpha value is -0.680. The molecule has 0 fully saturated rings. The molecule has 0 aliphatic heterocycles. The van der Waals surface area contributed by atoms with E-state index in [-0.39, 0.29) is 0 Å². The van der Waals surface area contributed by atoms with Crippen molar-refractivity contribution in [1.29, 1.82) is 0 Å². The Labute approximate surface area is 89.0 Å². The standard InChI is InChI=1S/C8H8BrNO2S/c1-10(8(11)12)13-7-4-2-6(9)3-5-7/h2-5H,1H3,(H,11,12). The molecule has 0 radical (unpaired) electrons. The van der Waals surface area contributed by atoms with Crippen LogP contribution < -0.4 is 0 Å². The van der Waals surface area contributed by atoms with Crippen molar-refractivity contribution in [2.75, 3.05) is 7.05 Å². The molecule has 1 aromatic rings. The van der Waals surface area contributed by atoms with Gasteiger partial charge in [0.1, 0.15) is 0 Å². The zero-order chi connectivity index (χ0) is 9.84. The smallest absolute Gasteiger partial charge is 0.417 e. The highest BCUT2D eigenvalue weighted by Gasteiger charge is 2.06. The third-order valence-electron chi connectivity index (χ3n) is 1.33. The molecule has 0 aromatic heterocycles. The molecular weight excluding hydrogens is 254 g/mol. The number of amides is 1. The lowest BCUT2D eigenvalue weighted by Gasteiger charge is -2.10. The van der Waals surface area contributed by atoms with E-state index in [0.29, 0.717) is 0 Å². The Morgan fingerprint density at radius 1 is 1.46 bits per heavy atom. The van der Waals surface area contributed by atoms with Crippen LogP contribution in [0, 0.1) is 0 Å². The van der Waals surface area contributed by atoms with Crippen molar-refractivity contribution in [2.45, 2.75) is 4.90 Å². The van der Waals surface area contributed by atoms with Gasteiger partial charge in [0.05, 0.1) is 0 Å². The molecule has 0 saturated heterocycles. The lowest BCUT2D eigenvalue weighted by Crippen LogP contribution is -2.15. The molecule has 0 spiro atoms. The van der Waals surface area contributed by atoms with E-state index in [9.17, 15) is 4.79 Å². The van der Waals surface area contributed by atoms with E-state index in [1.165, 1.54) is 19.0 Å². The van der Waals surface area contributed by atoms with Crippen LogP contribution in [0.3, 0.4) is 0 Å². The Morgan fingerprint density at radius 3 is 2.46 bits per heavy atom. The second kappa shape index (κ2) is 4.53. The van der Waals surface area contributed by atoms with Gasteiger partial charge in [-0.15, -0.1) is 0 Å². The average Bonchev–Trinajstić information content (AvgIpc) is 2.08. The molecule has 0 aliphatic carbocycles. The maximum Gasteiger partial charge on any atom is 0.417 e. The highest BCUT2D eigenvalue weighted by atomic mass is 79.9. The number of carbonyl (C=O) groups is 1. The van der Waals surface area contributed by atoms with Gasteiger partial charge in [0, 0.05) is 16.4 Å². The molecule has 1 aromatic carbocycles. The molecular formula is C8H8BrNO2S. The Bertz CT molecular complexity index is 302. The van der Waals surface area contributed by atoms with E-state index in [4.69, 9.17) is 5.11 Å². The third kappa shape index (κ3) is 3.28. The van der Waals surface area contributed by atoms with Crippen molar-refractivity contribution >= 4 is 34.0 Å². The number of hydrogen-bond acceptors (Lipinski definition) is 2. The summed E-state index contributed by atoms with van der Waals surface area (Å²) >= 11 is 4.47. The summed E-state index contributed by atoms with van der Waals surface area (Å²) in [6.07, 6.45) is -0.951. The van der Waals surface area contributed by atoms with E-state index in [1.54, 1.807) is 0 Å². The van der Waals surface area contributed by atoms with Gasteiger partial charge < -0.3 is 5.11 Å². The molecule has 0 atom stereocenters. The number of rotatable bonds is 2. The van der Waals surface area contributed by atoms with Crippen LogP contribution in [0.1, 0.15) is 0 Å². The number of benzene rings is 1. The van der Waals surface area contributed by atoms with Crippen LogP contribution in [0.5, 0.6) is 0 Å². The van der Waals surface area contributed by atoms with E-state index in [0.717, 1.165) is 13.7 Å². The largest absolute Gasteiger partial charge is 0.464 e. The van der Waals surface area contributed by atoms with Crippen molar-refractivity contribution in [3.8, 4) is 0 Å². The summed E-state index contributed by atoms with van der Waals surface area (Å²) in [6.45, 7) is 0. The lowest BCUT2D eigenvalue weighted by atomic mass is 10.4. The Balaban J connectivity index is 2.64. The highest BCUT2D eigenvalue weighted by Crippen LogP contribution is 2.22. The first kappa shape index (κ1) is 10.4. The summed E-state index contributed by atoms with van der Waals surface area (Å²) in [5, 5.41) is 8.59. The molecule has 13 heavy (non-hydrogen) atoms. The van der Waals surface area contributed by atoms with Gasteiger partial charge in [-0.25, -0.2) is 4.79 Å². The molecule has 0 heterocycles. The summed E-state index contributed by atoms with van der Waals surface area (Å²) in [6, 6.07) is 7.46. The highest BCUT2D eigenvalue weighted by molar-refractivity contribution is 9.10. The maximum atomic E-state index is 10.5. The molecule has 0 bridgehead atoms. The molecule has 1 amide bonds. The van der Waals surface area contributed by atoms with Gasteiger partial charge in [0.25, 0.3) is 0 Å². The van der Waals surface area contributed by atoms with Crippen LogP contribution in [0.25, 0.3) is 0 Å². The van der Waals surface area contributed by atoms with E-state index in [1.807, 2.05) is 24.3 Å². The summed E-state index contributed by atoms with van der Waals surface area (Å²) in [7, 11) is 1.51. The van der Waals surface area contributed by atoms with E-state index in [2.05, 4.69) is 15.9 Å². The molecule has 5 heteroatoms. The van der Waals surface area contributed by atoms with Gasteiger partial charge in [0.2, 0.25) is 0 Å². The van der Waals surface area contributed by atoms with Crippen LogP contribution in [0.4, 0.5) is 4.79 Å². The fourth-order valence-corrected chi connectivity index (χ4v) is 1.61. The quantitative estimate of drug-likeness (QED) is 0.832. The topological polar surface area (TPSA) is 40.5 Å². The fraction of sp³-hybridized carbons (Fsp3) is 0.125. The first-order valence-corrected chi connectivity index (χ1v) is 5.06. The number of halogens is 1. The molecule has 0 aliphatic rings. The fourth-order valence-electron chi connectivity index (χ4n) is 0.693. The minimum Gasteiger partial charge on any atom is -0.464 e. The minimum atomic E-state index is -0.951. The summed E-state index contributed by atoms with van der Waals surface area (Å²) in [5.74, 6) is 0. The third-order valence-corrected chi connectivity index (χ3v) is 2.77. The second-order valence-electron chi connectivity index (χ2n) is 2.33. The molecule has 70 valence electrons. The predicted octanol–water partition coefficient (Wildman–Crippen LogP) is 3.07. The predicted molar refractivity (Wildman–Crippen MR) is 55.8 cm³/mol. The van der Waals surface area contributed by atoms with E-state index < -0.39 is 6.09 Å². The zero-order valence-electron chi connectivity index (χ0n) is 6.90. The Morgan fingerprint density at radius 2 is 2.00 bits per heavy atom. The van der Waals surface area contributed by atoms with Crippen molar-refractivity contribution in [3.63, 3.8) is 0 Å². The first-order valence-electron chi connectivity index (χ1n) is 3.50. The van der Waals surface area contributed by atoms with E-state index >= 15 is 0 Å². The summed E-state index contributed by atoms with van der Waals surface area (Å²) in [5.41, 5.74) is 0. The number of carboxylic acid groups (broad SMARTS) is 1. The monoisotopic (exact) mass is 261 g/mol. The normalized spacial score (nSPS) is 9.69. The maximum absolute atomic E-state index is 10.5. The van der Waals surface area contributed by atoms with Crippen molar-refractivity contribution in [1.82, 2.24) is 4.31 Å². The van der Waals surface area contributed by atoms with Crippen molar-refractivity contribution in [3.05, 3.63) is 28.7 Å². The van der Waals surface area contributed by atoms with Crippen LogP contribution in [-0.4, -0.2) is 22.6 Å². The van der Waals surface area contributed by atoms with Gasteiger partial charge in [-0.2, -0.15) is 0 Å². The summed E-state index contributed by atoms with van der Waals surface area (Å²) < 4.78 is 2.14. The molecule has 1 rings (SSSR count). The number of hydrogen-bond donors (Lipinski definition) is 1. The lowest BCUT2D eigenvalue weighted by molar-refractivity contribution is 0.181. The molecule has 1 N–H and O–H groups in total. The van der Waals surface area contributed by atoms with Crippen LogP contribution in [0.15, 0.2) is 33.6 Å². The van der Waals surface area contributed by atoms with Gasteiger partial charge in [-0.1, -0.05) is 15.9 Å². The van der Waals surface area contributed by atoms with Gasteiger partial charge in [-0.05, 0) is 36.2 Å². The van der Waals surface area contributed by atoms with Gasteiger partial charge >= 0.3 is 6.09 Å². The minimum absolute atomic E-state index is 0.896. The zero-order valence-corrected chi connectivity index (χ0v) is 9.30. The first-order chi connectivity index (χ1) is 6.09. The molecule has 0 unspecified atom stereocenters. The Kier molecular flexibility index (Phi) is 3.62. The average molecular weight is 262 g/mol. The van der Waals surface area contributed by atoms with Crippen molar-refractivity contribution < 1.29 is 9.90 Å². The van der Waals surface area contributed by atoms with Crippen LogP contribution >= 0.6 is 27.9 Å². The second-order valence-corrected chi connectivity index (χ2v) is 4.44. The molecule has 0 saturated carbocycles. The van der Waals surface area contributed by atoms with Crippen LogP contribution in [-0.2, 0) is 0 Å². The molecule has 3 nitrogen and oxygen atoms in total. The van der Waals surface area contributed by atoms with Gasteiger partial charge in [-0.3, -0.25) is 4.31 Å². The number of nitrogens with zero attached hydrogens (tertiary/aromatic N) is 1.